The SMILES string of the molecule is c1ccc(Cc2ccc(-c3cc(-c4ccccc4)nc(-c4ccccc4)c3)cc2)cc1. The minimum Gasteiger partial charge on any atom is -0.248 e. The lowest BCUT2D eigenvalue weighted by molar-refractivity contribution is 1.19. The van der Waals surface area contributed by atoms with E-state index < -0.39 is 0 Å². The highest BCUT2D eigenvalue weighted by Gasteiger charge is 2.09. The number of nitrogens with zero attached hydrogens (tertiary/aromatic N) is 1. The molecule has 1 heterocycles. The van der Waals surface area contributed by atoms with E-state index in [4.69, 9.17) is 4.98 Å². The number of pyridine rings is 1. The summed E-state index contributed by atoms with van der Waals surface area (Å²) in [5.74, 6) is 0. The standard InChI is InChI=1S/C30H23N/c1-4-10-23(11-5-1)20-24-16-18-25(19-17-24)28-21-29(26-12-6-2-7-13-26)31-30(22-28)27-14-8-3-9-15-27/h1-19,21-22H,20H2. The molecule has 0 bridgehead atoms. The number of aromatic nitrogens is 1. The topological polar surface area (TPSA) is 12.9 Å². The second-order valence-corrected chi connectivity index (χ2v) is 7.72. The average Bonchev–Trinajstić information content (AvgIpc) is 2.86. The van der Waals surface area contributed by atoms with Gasteiger partial charge in [0.1, 0.15) is 0 Å². The molecule has 0 radical (unpaired) electrons. The minimum atomic E-state index is 0.946. The molecule has 148 valence electrons. The first kappa shape index (κ1) is 19.0. The normalized spacial score (nSPS) is 10.7. The van der Waals surface area contributed by atoms with Gasteiger partial charge in [0, 0.05) is 11.1 Å². The maximum Gasteiger partial charge on any atom is 0.0715 e. The summed E-state index contributed by atoms with van der Waals surface area (Å²) in [5, 5.41) is 0. The van der Waals surface area contributed by atoms with E-state index in [1.54, 1.807) is 0 Å². The minimum absolute atomic E-state index is 0.946. The van der Waals surface area contributed by atoms with Gasteiger partial charge in [0.15, 0.2) is 0 Å². The van der Waals surface area contributed by atoms with E-state index in [1.807, 2.05) is 12.1 Å². The van der Waals surface area contributed by atoms with Gasteiger partial charge in [0.2, 0.25) is 0 Å². The first-order chi connectivity index (χ1) is 15.3. The Bertz CT molecular complexity index is 1200. The Morgan fingerprint density at radius 1 is 0.387 bits per heavy atom. The van der Waals surface area contributed by atoms with Gasteiger partial charge in [-0.05, 0) is 40.8 Å². The van der Waals surface area contributed by atoms with Crippen molar-refractivity contribution in [3.05, 3.63) is 139 Å². The number of hydrogen-bond donors (Lipinski definition) is 0. The van der Waals surface area contributed by atoms with Crippen LogP contribution in [0.15, 0.2) is 127 Å². The van der Waals surface area contributed by atoms with Gasteiger partial charge in [-0.1, -0.05) is 115 Å². The van der Waals surface area contributed by atoms with Crippen molar-refractivity contribution in [2.75, 3.05) is 0 Å². The number of hydrogen-bond acceptors (Lipinski definition) is 1. The first-order valence-electron chi connectivity index (χ1n) is 10.6. The molecule has 0 spiro atoms. The Balaban J connectivity index is 1.53. The Kier molecular flexibility index (Phi) is 5.40. The summed E-state index contributed by atoms with van der Waals surface area (Å²) in [6.07, 6.45) is 0.946. The smallest absolute Gasteiger partial charge is 0.0715 e. The van der Waals surface area contributed by atoms with Crippen LogP contribution in [0.25, 0.3) is 33.6 Å². The molecule has 31 heavy (non-hydrogen) atoms. The van der Waals surface area contributed by atoms with Gasteiger partial charge < -0.3 is 0 Å². The highest BCUT2D eigenvalue weighted by Crippen LogP contribution is 2.30. The van der Waals surface area contributed by atoms with Gasteiger partial charge in [0.25, 0.3) is 0 Å². The third kappa shape index (κ3) is 4.46. The van der Waals surface area contributed by atoms with Crippen molar-refractivity contribution in [3.63, 3.8) is 0 Å². The zero-order valence-electron chi connectivity index (χ0n) is 17.3. The van der Waals surface area contributed by atoms with Crippen molar-refractivity contribution in [1.29, 1.82) is 0 Å². The van der Waals surface area contributed by atoms with Gasteiger partial charge in [0.05, 0.1) is 11.4 Å². The molecule has 0 fully saturated rings. The Morgan fingerprint density at radius 2 is 0.839 bits per heavy atom. The molecular formula is C30H23N. The average molecular weight is 398 g/mol. The van der Waals surface area contributed by atoms with Crippen LogP contribution in [0, 0.1) is 0 Å². The van der Waals surface area contributed by atoms with Gasteiger partial charge in [-0.15, -0.1) is 0 Å². The third-order valence-electron chi connectivity index (χ3n) is 5.50. The molecule has 5 aromatic rings. The van der Waals surface area contributed by atoms with E-state index in [9.17, 15) is 0 Å². The molecule has 1 heteroatoms. The lowest BCUT2D eigenvalue weighted by Crippen LogP contribution is -1.92. The van der Waals surface area contributed by atoms with Crippen LogP contribution in [0.2, 0.25) is 0 Å². The summed E-state index contributed by atoms with van der Waals surface area (Å²) in [4.78, 5) is 4.97. The van der Waals surface area contributed by atoms with E-state index in [1.165, 1.54) is 22.3 Å². The number of rotatable bonds is 5. The van der Waals surface area contributed by atoms with E-state index in [0.29, 0.717) is 0 Å². The van der Waals surface area contributed by atoms with Gasteiger partial charge in [-0.2, -0.15) is 0 Å². The predicted octanol–water partition coefficient (Wildman–Crippen LogP) is 7.67. The van der Waals surface area contributed by atoms with Crippen LogP contribution in [-0.2, 0) is 6.42 Å². The van der Waals surface area contributed by atoms with Crippen molar-refractivity contribution in [2.24, 2.45) is 0 Å². The van der Waals surface area contributed by atoms with E-state index >= 15 is 0 Å². The summed E-state index contributed by atoms with van der Waals surface area (Å²) in [6, 6.07) is 44.7. The molecule has 0 aliphatic rings. The van der Waals surface area contributed by atoms with E-state index in [2.05, 4.69) is 115 Å². The highest BCUT2D eigenvalue weighted by molar-refractivity contribution is 5.76. The molecule has 4 aromatic carbocycles. The highest BCUT2D eigenvalue weighted by atomic mass is 14.7. The van der Waals surface area contributed by atoms with Crippen molar-refractivity contribution in [1.82, 2.24) is 4.98 Å². The van der Waals surface area contributed by atoms with Crippen molar-refractivity contribution in [2.45, 2.75) is 6.42 Å². The molecule has 1 aromatic heterocycles. The van der Waals surface area contributed by atoms with Crippen LogP contribution in [0.5, 0.6) is 0 Å². The Labute approximate surface area is 183 Å². The van der Waals surface area contributed by atoms with Crippen molar-refractivity contribution in [3.8, 4) is 33.6 Å². The molecule has 0 aliphatic heterocycles. The summed E-state index contributed by atoms with van der Waals surface area (Å²) in [5.41, 5.74) is 9.26. The second kappa shape index (κ2) is 8.81. The molecule has 0 unspecified atom stereocenters. The molecule has 0 saturated heterocycles. The quantitative estimate of drug-likeness (QED) is 0.296. The van der Waals surface area contributed by atoms with E-state index in [0.717, 1.165) is 28.9 Å². The molecule has 1 nitrogen and oxygen atoms in total. The molecule has 0 amide bonds. The monoisotopic (exact) mass is 397 g/mol. The maximum atomic E-state index is 4.97. The van der Waals surface area contributed by atoms with Crippen molar-refractivity contribution < 1.29 is 0 Å². The Morgan fingerprint density at radius 3 is 1.35 bits per heavy atom. The van der Waals surface area contributed by atoms with Gasteiger partial charge in [-0.3, -0.25) is 0 Å². The van der Waals surface area contributed by atoms with E-state index in [-0.39, 0.29) is 0 Å². The lowest BCUT2D eigenvalue weighted by Gasteiger charge is -2.11. The molecular weight excluding hydrogens is 374 g/mol. The molecule has 0 aliphatic carbocycles. The van der Waals surface area contributed by atoms with Crippen LogP contribution < -0.4 is 0 Å². The summed E-state index contributed by atoms with van der Waals surface area (Å²) in [7, 11) is 0. The van der Waals surface area contributed by atoms with Crippen LogP contribution in [0.1, 0.15) is 11.1 Å². The number of benzene rings is 4. The van der Waals surface area contributed by atoms with Crippen molar-refractivity contribution >= 4 is 0 Å². The molecule has 0 atom stereocenters. The zero-order chi connectivity index (χ0) is 20.9. The fourth-order valence-corrected chi connectivity index (χ4v) is 3.86. The van der Waals surface area contributed by atoms with Crippen LogP contribution in [-0.4, -0.2) is 4.98 Å². The fourth-order valence-electron chi connectivity index (χ4n) is 3.86. The van der Waals surface area contributed by atoms with Crippen LogP contribution >= 0.6 is 0 Å². The summed E-state index contributed by atoms with van der Waals surface area (Å²) >= 11 is 0. The fraction of sp³-hybridized carbons (Fsp3) is 0.0333. The third-order valence-corrected chi connectivity index (χ3v) is 5.50. The molecule has 0 saturated carbocycles. The predicted molar refractivity (Wildman–Crippen MR) is 130 cm³/mol. The summed E-state index contributed by atoms with van der Waals surface area (Å²) < 4.78 is 0. The lowest BCUT2D eigenvalue weighted by atomic mass is 9.98. The zero-order valence-corrected chi connectivity index (χ0v) is 17.3. The largest absolute Gasteiger partial charge is 0.248 e. The van der Waals surface area contributed by atoms with Crippen LogP contribution in [0.4, 0.5) is 0 Å². The van der Waals surface area contributed by atoms with Gasteiger partial charge in [-0.25, -0.2) is 4.98 Å². The molecule has 5 rings (SSSR count). The molecule has 0 N–H and O–H groups in total. The summed E-state index contributed by atoms with van der Waals surface area (Å²) in [6.45, 7) is 0. The van der Waals surface area contributed by atoms with Gasteiger partial charge >= 0.3 is 0 Å². The maximum absolute atomic E-state index is 4.97. The Hall–Kier alpha value is -3.97. The first-order valence-corrected chi connectivity index (χ1v) is 10.6. The van der Waals surface area contributed by atoms with Crippen LogP contribution in [0.3, 0.4) is 0 Å². The second-order valence-electron chi connectivity index (χ2n) is 7.72.